The van der Waals surface area contributed by atoms with E-state index in [1.807, 2.05) is 0 Å². The lowest BCUT2D eigenvalue weighted by atomic mass is 10.0. The Morgan fingerprint density at radius 1 is 1.43 bits per heavy atom. The Hall–Kier alpha value is -2.05. The number of alkyl halides is 3. The van der Waals surface area contributed by atoms with Crippen LogP contribution in [0, 0.1) is 0 Å². The Labute approximate surface area is 118 Å². The molecule has 1 heterocycles. The smallest absolute Gasteiger partial charge is 0.412 e. The number of hydrogen-bond donors (Lipinski definition) is 1. The second-order valence-corrected chi connectivity index (χ2v) is 4.54. The van der Waals surface area contributed by atoms with Crippen molar-refractivity contribution in [2.75, 3.05) is 0 Å². The summed E-state index contributed by atoms with van der Waals surface area (Å²) in [5, 5.41) is 0. The van der Waals surface area contributed by atoms with E-state index in [1.54, 1.807) is 6.92 Å². The van der Waals surface area contributed by atoms with Gasteiger partial charge in [0.2, 0.25) is 5.89 Å². The molecular formula is C14H14F4N2O. The molecule has 3 nitrogen and oxygen atoms in total. The molecule has 1 aliphatic rings. The summed E-state index contributed by atoms with van der Waals surface area (Å²) in [6.07, 6.45) is -0.742. The number of hydrogen-bond acceptors (Lipinski definition) is 3. The summed E-state index contributed by atoms with van der Waals surface area (Å²) in [7, 11) is 0. The number of halogens is 4. The number of nitrogens with two attached hydrogens (primary N) is 1. The van der Waals surface area contributed by atoms with E-state index < -0.39 is 17.6 Å². The van der Waals surface area contributed by atoms with Crippen molar-refractivity contribution in [3.05, 3.63) is 41.0 Å². The number of rotatable bonds is 3. The highest BCUT2D eigenvalue weighted by atomic mass is 19.4. The second kappa shape index (κ2) is 5.75. The highest BCUT2D eigenvalue weighted by Gasteiger charge is 2.36. The molecule has 2 rings (SSSR count). The molecule has 0 unspecified atom stereocenters. The molecule has 0 saturated carbocycles. The normalized spacial score (nSPS) is 16.7. The number of aromatic nitrogens is 1. The number of nitrogens with zero attached hydrogens (tertiary/aromatic N) is 1. The monoisotopic (exact) mass is 302 g/mol. The highest BCUT2D eigenvalue weighted by Crippen LogP contribution is 2.36. The molecule has 0 aliphatic heterocycles. The fraction of sp³-hybridized carbons (Fsp3) is 0.357. The number of oxazole rings is 1. The SMILES string of the molecule is CC/C=C(\C(F)=C/N)c1nc2c(o1)CCC(C(F)(F)F)=C2. The van der Waals surface area contributed by atoms with Crippen molar-refractivity contribution >= 4 is 11.6 Å². The van der Waals surface area contributed by atoms with Crippen LogP contribution in [-0.2, 0) is 6.42 Å². The van der Waals surface area contributed by atoms with Crippen molar-refractivity contribution in [1.29, 1.82) is 0 Å². The Kier molecular flexibility index (Phi) is 4.20. The van der Waals surface area contributed by atoms with Crippen molar-refractivity contribution in [3.63, 3.8) is 0 Å². The average Bonchev–Trinajstić information content (AvgIpc) is 2.85. The number of aryl methyl sites for hydroxylation is 1. The highest BCUT2D eigenvalue weighted by molar-refractivity contribution is 5.73. The molecule has 0 aromatic carbocycles. The maximum Gasteiger partial charge on any atom is 0.412 e. The van der Waals surface area contributed by atoms with Crippen LogP contribution in [0.5, 0.6) is 0 Å². The Morgan fingerprint density at radius 3 is 2.71 bits per heavy atom. The minimum absolute atomic E-state index is 0.0522. The molecule has 7 heteroatoms. The molecule has 0 bridgehead atoms. The van der Waals surface area contributed by atoms with Crippen LogP contribution in [0.25, 0.3) is 11.6 Å². The molecule has 0 radical (unpaired) electrons. The van der Waals surface area contributed by atoms with Gasteiger partial charge in [0, 0.05) is 18.2 Å². The maximum atomic E-state index is 13.7. The third kappa shape index (κ3) is 3.17. The van der Waals surface area contributed by atoms with E-state index in [0.29, 0.717) is 12.2 Å². The first-order valence-corrected chi connectivity index (χ1v) is 6.42. The zero-order valence-electron chi connectivity index (χ0n) is 11.3. The topological polar surface area (TPSA) is 52.0 Å². The van der Waals surface area contributed by atoms with E-state index in [0.717, 1.165) is 12.3 Å². The molecular weight excluding hydrogens is 288 g/mol. The van der Waals surface area contributed by atoms with Gasteiger partial charge in [-0.3, -0.25) is 0 Å². The number of allylic oxidation sites excluding steroid dienone is 4. The molecule has 0 fully saturated rings. The molecule has 114 valence electrons. The average molecular weight is 302 g/mol. The predicted octanol–water partition coefficient (Wildman–Crippen LogP) is 4.13. The first kappa shape index (κ1) is 15.3. The van der Waals surface area contributed by atoms with Gasteiger partial charge in [-0.05, 0) is 18.9 Å². The standard InChI is InChI=1S/C14H14F4N2O/c1-2-3-9(10(15)7-19)13-20-11-6-8(14(16,17)18)4-5-12(11)21-13/h3,6-7H,2,4-5,19H2,1H3/b9-3+,10-7+. The summed E-state index contributed by atoms with van der Waals surface area (Å²) in [5.41, 5.74) is 4.62. The van der Waals surface area contributed by atoms with Crippen LogP contribution in [-0.4, -0.2) is 11.2 Å². The third-order valence-corrected chi connectivity index (χ3v) is 3.07. The van der Waals surface area contributed by atoms with Crippen molar-refractivity contribution in [2.24, 2.45) is 5.73 Å². The summed E-state index contributed by atoms with van der Waals surface area (Å²) >= 11 is 0. The van der Waals surface area contributed by atoms with Crippen LogP contribution in [0.4, 0.5) is 17.6 Å². The molecule has 2 N–H and O–H groups in total. The third-order valence-electron chi connectivity index (χ3n) is 3.07. The van der Waals surface area contributed by atoms with Crippen LogP contribution in [0.2, 0.25) is 0 Å². The van der Waals surface area contributed by atoms with Crippen LogP contribution in [0.1, 0.15) is 37.1 Å². The van der Waals surface area contributed by atoms with Gasteiger partial charge in [0.15, 0.2) is 5.83 Å². The van der Waals surface area contributed by atoms with Gasteiger partial charge in [-0.25, -0.2) is 9.37 Å². The van der Waals surface area contributed by atoms with Crippen LogP contribution in [0.3, 0.4) is 0 Å². The first-order chi connectivity index (χ1) is 9.86. The summed E-state index contributed by atoms with van der Waals surface area (Å²) in [5.74, 6) is -0.457. The van der Waals surface area contributed by atoms with E-state index in [4.69, 9.17) is 10.2 Å². The molecule has 21 heavy (non-hydrogen) atoms. The lowest BCUT2D eigenvalue weighted by Gasteiger charge is -2.14. The van der Waals surface area contributed by atoms with Crippen LogP contribution < -0.4 is 5.73 Å². The number of fused-ring (bicyclic) bond motifs is 1. The molecule has 0 atom stereocenters. The van der Waals surface area contributed by atoms with E-state index in [1.165, 1.54) is 6.08 Å². The molecule has 0 spiro atoms. The minimum Gasteiger partial charge on any atom is -0.440 e. The van der Waals surface area contributed by atoms with E-state index in [9.17, 15) is 17.6 Å². The summed E-state index contributed by atoms with van der Waals surface area (Å²) in [6, 6.07) is 0. The quantitative estimate of drug-likeness (QED) is 0.674. The summed E-state index contributed by atoms with van der Waals surface area (Å²) < 4.78 is 57.1. The largest absolute Gasteiger partial charge is 0.440 e. The Bertz CT molecular complexity index is 623. The molecule has 0 amide bonds. The van der Waals surface area contributed by atoms with E-state index in [2.05, 4.69) is 4.98 Å². The van der Waals surface area contributed by atoms with Gasteiger partial charge in [0.05, 0.1) is 5.57 Å². The summed E-state index contributed by atoms with van der Waals surface area (Å²) in [6.45, 7) is 1.79. The fourth-order valence-corrected chi connectivity index (χ4v) is 2.06. The van der Waals surface area contributed by atoms with Crippen LogP contribution >= 0.6 is 0 Å². The molecule has 0 saturated heterocycles. The van der Waals surface area contributed by atoms with Gasteiger partial charge in [-0.2, -0.15) is 13.2 Å². The van der Waals surface area contributed by atoms with Gasteiger partial charge < -0.3 is 10.2 Å². The lowest BCUT2D eigenvalue weighted by Crippen LogP contribution is -2.14. The Balaban J connectivity index is 2.43. The lowest BCUT2D eigenvalue weighted by molar-refractivity contribution is -0.0932. The van der Waals surface area contributed by atoms with Crippen molar-refractivity contribution < 1.29 is 22.0 Å². The second-order valence-electron chi connectivity index (χ2n) is 4.54. The fourth-order valence-electron chi connectivity index (χ4n) is 2.06. The van der Waals surface area contributed by atoms with Gasteiger partial charge in [0.1, 0.15) is 11.5 Å². The maximum absolute atomic E-state index is 13.7. The van der Waals surface area contributed by atoms with E-state index >= 15 is 0 Å². The van der Waals surface area contributed by atoms with Gasteiger partial charge in [-0.15, -0.1) is 0 Å². The zero-order valence-corrected chi connectivity index (χ0v) is 11.3. The van der Waals surface area contributed by atoms with Gasteiger partial charge >= 0.3 is 6.18 Å². The molecule has 1 aromatic heterocycles. The molecule has 1 aliphatic carbocycles. The van der Waals surface area contributed by atoms with Gasteiger partial charge in [-0.1, -0.05) is 13.0 Å². The van der Waals surface area contributed by atoms with Crippen molar-refractivity contribution in [3.8, 4) is 0 Å². The van der Waals surface area contributed by atoms with Crippen molar-refractivity contribution in [2.45, 2.75) is 32.4 Å². The van der Waals surface area contributed by atoms with Gasteiger partial charge in [0.25, 0.3) is 0 Å². The summed E-state index contributed by atoms with van der Waals surface area (Å²) in [4.78, 5) is 3.95. The van der Waals surface area contributed by atoms with Crippen LogP contribution in [0.15, 0.2) is 28.1 Å². The zero-order chi connectivity index (χ0) is 15.6. The Morgan fingerprint density at radius 2 is 2.14 bits per heavy atom. The predicted molar refractivity (Wildman–Crippen MR) is 70.5 cm³/mol. The minimum atomic E-state index is -4.39. The molecule has 1 aromatic rings. The van der Waals surface area contributed by atoms with E-state index in [-0.39, 0.29) is 30.0 Å². The first-order valence-electron chi connectivity index (χ1n) is 6.42. The van der Waals surface area contributed by atoms with Crippen molar-refractivity contribution in [1.82, 2.24) is 4.98 Å².